The summed E-state index contributed by atoms with van der Waals surface area (Å²) in [5, 5.41) is 26.0. The molecule has 73 heavy (non-hydrogen) atoms. The molecule has 0 atom stereocenters. The molecule has 0 bridgehead atoms. The molecule has 9 rings (SSSR count). The van der Waals surface area contributed by atoms with Gasteiger partial charge in [-0.05, 0) is 174 Å². The minimum atomic E-state index is -0.469. The van der Waals surface area contributed by atoms with Gasteiger partial charge in [-0.15, -0.1) is 24.8 Å². The molecule has 7 aliphatic rings. The van der Waals surface area contributed by atoms with E-state index in [1.165, 1.54) is 111 Å². The third-order valence-corrected chi connectivity index (χ3v) is 13.4. The summed E-state index contributed by atoms with van der Waals surface area (Å²) in [6.07, 6.45) is 17.5. The van der Waals surface area contributed by atoms with Crippen molar-refractivity contribution < 1.29 is 157 Å². The summed E-state index contributed by atoms with van der Waals surface area (Å²) in [6.45, 7) is 8.62. The van der Waals surface area contributed by atoms with Gasteiger partial charge < -0.3 is 36.5 Å². The Bertz CT molecular complexity index is 2200. The third kappa shape index (κ3) is 25.0. The standard InChI is InChI=1S/C20H23FN4O3S.C14H14FN3O2S.C6H10ClNO.C5H11N.CH2O3.2ClH.2K.H/c21-15-6-7-16(28-20(27)24-9-3-1-4-10-24)14(12-15)13-17-18(26)23-19(29-17)25-11-5-2-8-22-25;15-10-3-4-11(19)9(7-10)8-12-13(20)17-14(21-12)18-6-2-1-5-16-18;7-6(9)8-4-2-1-3-5-8;1-2-4-6-5-3-1;2-1-4-3;;;;;/h6-7,12-13,22H,1-5,8-11H2;3-4,7-8,16,19H,1-2,5-6H2;1-5H2;6H,1-5H2;1,3H;2*1H;;;/q;;;;;;;2*+1;-1/p-1/b17-13+;12-8-;;;;;;;;. The maximum atomic E-state index is 13.9. The van der Waals surface area contributed by atoms with Crippen LogP contribution in [0, 0.1) is 11.6 Å². The number of amidine groups is 2. The van der Waals surface area contributed by atoms with Gasteiger partial charge in [-0.2, -0.15) is 9.98 Å². The molecule has 0 unspecified atom stereocenters. The molecule has 2 aromatic rings. The molecule has 394 valence electrons. The zero-order chi connectivity index (χ0) is 49.4. The predicted molar refractivity (Wildman–Crippen MR) is 276 cm³/mol. The Hall–Kier alpha value is -1.25. The fraction of sp³-hybridized carbons (Fsp3) is 0.500. The van der Waals surface area contributed by atoms with E-state index in [4.69, 9.17) is 26.4 Å². The largest absolute Gasteiger partial charge is 1.00 e. The van der Waals surface area contributed by atoms with Crippen LogP contribution in [0.3, 0.4) is 0 Å². The van der Waals surface area contributed by atoms with Crippen molar-refractivity contribution in [3.05, 3.63) is 69.0 Å². The molecular weight excluding hydrogens is 1110 g/mol. The Morgan fingerprint density at radius 3 is 1.51 bits per heavy atom. The summed E-state index contributed by atoms with van der Waals surface area (Å²) in [5.74, 6) is -1.52. The van der Waals surface area contributed by atoms with Gasteiger partial charge in [0.05, 0.1) is 9.81 Å². The Labute approximate surface area is 537 Å². The molecule has 4 N–H and O–H groups in total. The number of phenols is 1. The second-order valence-electron chi connectivity index (χ2n) is 16.3. The van der Waals surface area contributed by atoms with Gasteiger partial charge in [-0.3, -0.25) is 29.2 Å². The number of benzene rings is 2. The van der Waals surface area contributed by atoms with E-state index in [2.05, 4.69) is 31.0 Å². The van der Waals surface area contributed by atoms with Crippen LogP contribution in [0.4, 0.5) is 18.4 Å². The van der Waals surface area contributed by atoms with E-state index >= 15 is 0 Å². The van der Waals surface area contributed by atoms with Crippen LogP contribution >= 0.6 is 59.9 Å². The molecule has 4 amide bonds. The Morgan fingerprint density at radius 2 is 1.10 bits per heavy atom. The van der Waals surface area contributed by atoms with Crippen molar-refractivity contribution in [2.75, 3.05) is 65.4 Å². The molecule has 0 saturated carbocycles. The number of carbonyl (C=O) groups excluding carboxylic acids is 5. The number of thioether (sulfide) groups is 2. The summed E-state index contributed by atoms with van der Waals surface area (Å²) in [7, 11) is 0. The number of amides is 4. The Morgan fingerprint density at radius 1 is 0.671 bits per heavy atom. The number of piperidine rings is 3. The molecule has 27 heteroatoms. The van der Waals surface area contributed by atoms with Gasteiger partial charge >= 0.3 is 114 Å². The van der Waals surface area contributed by atoms with Crippen LogP contribution in [-0.2, 0) is 19.3 Å². The molecule has 5 saturated heterocycles. The van der Waals surface area contributed by atoms with Crippen molar-refractivity contribution in [1.29, 1.82) is 0 Å². The van der Waals surface area contributed by atoms with Crippen molar-refractivity contribution in [2.24, 2.45) is 9.98 Å². The first-order valence-electron chi connectivity index (χ1n) is 23.1. The average Bonchev–Trinajstić information content (AvgIpc) is 3.95. The zero-order valence-corrected chi connectivity index (χ0v) is 51.4. The summed E-state index contributed by atoms with van der Waals surface area (Å²) in [6, 6.07) is 7.54. The van der Waals surface area contributed by atoms with Crippen LogP contribution in [0.5, 0.6) is 11.5 Å². The van der Waals surface area contributed by atoms with Gasteiger partial charge in [0.2, 0.25) is 0 Å². The number of aliphatic imine (C=N–C) groups is 2. The van der Waals surface area contributed by atoms with E-state index in [0.717, 1.165) is 97.1 Å². The molecule has 2 aromatic carbocycles. The van der Waals surface area contributed by atoms with E-state index in [1.807, 2.05) is 10.0 Å². The third-order valence-electron chi connectivity index (χ3n) is 11.1. The maximum absolute atomic E-state index is 13.9. The number of nitrogens with one attached hydrogen (secondary N) is 3. The summed E-state index contributed by atoms with van der Waals surface area (Å²) in [5.41, 5.74) is 7.01. The number of hydrazine groups is 2. The number of hydrogen-bond acceptors (Lipinski definition) is 16. The quantitative estimate of drug-likeness (QED) is 0.0648. The van der Waals surface area contributed by atoms with Crippen LogP contribution < -0.4 is 129 Å². The molecule has 0 aliphatic carbocycles. The maximum Gasteiger partial charge on any atom is 1.00 e. The second-order valence-corrected chi connectivity index (χ2v) is 18.6. The van der Waals surface area contributed by atoms with E-state index in [0.29, 0.717) is 38.8 Å². The van der Waals surface area contributed by atoms with Crippen molar-refractivity contribution in [3.63, 3.8) is 0 Å². The molecule has 0 radical (unpaired) electrons. The molecule has 0 spiro atoms. The number of halogens is 5. The average molecular weight is 1170 g/mol. The number of aromatic hydroxyl groups is 1. The first-order valence-corrected chi connectivity index (χ1v) is 25.2. The SMILES string of the molecule is C1CCNCC1.Cl.Cl.O=C(Cl)N1CCCCC1.O=C1N=C(N2CCCCN2)S/C1=C/c1cc(F)ccc1OC(=O)N1CCCCC1.O=C1N=C(N2CCCCN2)S/C1=C\c1cc(F)ccc1O.O=CO[O-].[H-].[K+].[K+]. The van der Waals surface area contributed by atoms with Gasteiger partial charge in [0.15, 0.2) is 10.3 Å². The van der Waals surface area contributed by atoms with E-state index in [1.54, 1.807) is 9.80 Å². The minimum absolute atomic E-state index is 0. The van der Waals surface area contributed by atoms with Gasteiger partial charge in [0.1, 0.15) is 23.1 Å². The Kier molecular flexibility index (Phi) is 37.4. The topological polar surface area (TPSA) is 221 Å². The molecular formula is C46H62Cl3F2K2N9O9S2. The fourth-order valence-electron chi connectivity index (χ4n) is 7.48. The zero-order valence-electron chi connectivity index (χ0n) is 42.1. The number of nitrogens with zero attached hydrogens (tertiary/aromatic N) is 6. The monoisotopic (exact) mass is 1170 g/mol. The normalized spacial score (nSPS) is 19.3. The second kappa shape index (κ2) is 39.2. The summed E-state index contributed by atoms with van der Waals surface area (Å²) < 4.78 is 32.6. The van der Waals surface area contributed by atoms with Crippen LogP contribution in [-0.4, -0.2) is 130 Å². The number of carbonyl (C=O) groups is 5. The minimum Gasteiger partial charge on any atom is -1.00 e. The number of likely N-dealkylation sites (tertiary alicyclic amines) is 2. The fourth-order valence-corrected chi connectivity index (χ4v) is 9.47. The van der Waals surface area contributed by atoms with Crippen LogP contribution in [0.1, 0.15) is 96.0 Å². The first kappa shape index (κ1) is 69.8. The molecule has 0 aromatic heterocycles. The van der Waals surface area contributed by atoms with E-state index in [-0.39, 0.29) is 170 Å². The number of hydrogen-bond donors (Lipinski definition) is 4. The van der Waals surface area contributed by atoms with Crippen LogP contribution in [0.2, 0.25) is 0 Å². The van der Waals surface area contributed by atoms with E-state index in [9.17, 15) is 33.1 Å². The molecule has 7 aliphatic heterocycles. The number of rotatable bonds is 4. The van der Waals surface area contributed by atoms with Gasteiger partial charge in [-0.25, -0.2) is 24.4 Å². The van der Waals surface area contributed by atoms with Gasteiger partial charge in [-0.1, -0.05) is 6.42 Å². The number of phenolic OH excluding ortho intramolecular Hbond substituents is 1. The van der Waals surface area contributed by atoms with Crippen molar-refractivity contribution >= 4 is 112 Å². The molecule has 7 heterocycles. The van der Waals surface area contributed by atoms with Gasteiger partial charge in [0.25, 0.3) is 18.3 Å². The summed E-state index contributed by atoms with van der Waals surface area (Å²) >= 11 is 7.70. The molecule has 18 nitrogen and oxygen atoms in total. The smallest absolute Gasteiger partial charge is 1.00 e. The van der Waals surface area contributed by atoms with Crippen molar-refractivity contribution in [1.82, 2.24) is 36.0 Å². The predicted octanol–water partition coefficient (Wildman–Crippen LogP) is 1.47. The molecule has 5 fully saturated rings. The Balaban J connectivity index is 0.00000103. The van der Waals surface area contributed by atoms with Crippen LogP contribution in [0.15, 0.2) is 56.2 Å². The number of ether oxygens (including phenoxy) is 1. The first-order chi connectivity index (χ1) is 33.4. The van der Waals surface area contributed by atoms with E-state index < -0.39 is 17.7 Å². The van der Waals surface area contributed by atoms with Crippen LogP contribution in [0.25, 0.3) is 12.2 Å². The van der Waals surface area contributed by atoms with Gasteiger partial charge in [0, 0.05) is 63.5 Å². The summed E-state index contributed by atoms with van der Waals surface area (Å²) in [4.78, 5) is 70.7. The van der Waals surface area contributed by atoms with Crippen molar-refractivity contribution in [3.8, 4) is 11.5 Å². The van der Waals surface area contributed by atoms with Crippen molar-refractivity contribution in [2.45, 2.75) is 83.5 Å².